The van der Waals surface area contributed by atoms with E-state index in [1.807, 2.05) is 24.3 Å². The number of ether oxygens (including phenoxy) is 1. The number of amides is 1. The van der Waals surface area contributed by atoms with Gasteiger partial charge >= 0.3 is 5.97 Å². The number of carbonyl (C=O) groups is 2. The average molecular weight is 405 g/mol. The van der Waals surface area contributed by atoms with Crippen LogP contribution in [0.5, 0.6) is 0 Å². The van der Waals surface area contributed by atoms with Crippen molar-refractivity contribution in [2.45, 2.75) is 39.3 Å². The molecule has 1 aliphatic rings. The van der Waals surface area contributed by atoms with Gasteiger partial charge in [0.15, 0.2) is 11.8 Å². The molecule has 0 spiro atoms. The highest BCUT2D eigenvalue weighted by atomic mass is 16.5. The van der Waals surface area contributed by atoms with Crippen LogP contribution in [0.4, 0.5) is 5.69 Å². The summed E-state index contributed by atoms with van der Waals surface area (Å²) < 4.78 is 6.73. The van der Waals surface area contributed by atoms with Crippen molar-refractivity contribution >= 4 is 28.3 Å². The molecule has 1 aliphatic heterocycles. The second-order valence-electron chi connectivity index (χ2n) is 7.28. The van der Waals surface area contributed by atoms with Crippen molar-refractivity contribution < 1.29 is 14.3 Å². The number of benzene rings is 2. The molecule has 30 heavy (non-hydrogen) atoms. The van der Waals surface area contributed by atoms with Gasteiger partial charge in [-0.1, -0.05) is 36.4 Å². The summed E-state index contributed by atoms with van der Waals surface area (Å²) >= 11 is 0. The standard InChI is InChI=1S/C23H23N3O4/c1-3-26-22(28)18-12-6-5-11-17(18)20(24-26)23(29)30-15(2)21(27)25-14-8-10-16-9-4-7-13-19(16)25/h4-7,9,11-13,15H,3,8,10,14H2,1-2H3. The molecule has 4 rings (SSSR count). The maximum atomic E-state index is 13.0. The quantitative estimate of drug-likeness (QED) is 0.624. The van der Waals surface area contributed by atoms with Crippen molar-refractivity contribution in [1.82, 2.24) is 9.78 Å². The number of aryl methyl sites for hydroxylation is 2. The molecule has 154 valence electrons. The zero-order chi connectivity index (χ0) is 21.3. The molecule has 1 unspecified atom stereocenters. The maximum absolute atomic E-state index is 13.0. The highest BCUT2D eigenvalue weighted by Crippen LogP contribution is 2.27. The van der Waals surface area contributed by atoms with E-state index in [0.717, 1.165) is 24.1 Å². The van der Waals surface area contributed by atoms with Crippen LogP contribution in [0.3, 0.4) is 0 Å². The molecule has 2 heterocycles. The fourth-order valence-corrected chi connectivity index (χ4v) is 3.85. The first-order chi connectivity index (χ1) is 14.5. The minimum absolute atomic E-state index is 0.0331. The lowest BCUT2D eigenvalue weighted by Gasteiger charge is -2.31. The van der Waals surface area contributed by atoms with E-state index in [4.69, 9.17) is 4.74 Å². The van der Waals surface area contributed by atoms with Crippen molar-refractivity contribution in [3.63, 3.8) is 0 Å². The summed E-state index contributed by atoms with van der Waals surface area (Å²) in [5, 5.41) is 4.99. The Morgan fingerprint density at radius 2 is 1.80 bits per heavy atom. The van der Waals surface area contributed by atoms with Crippen molar-refractivity contribution in [3.05, 3.63) is 70.1 Å². The first-order valence-corrected chi connectivity index (χ1v) is 10.1. The molecule has 7 nitrogen and oxygen atoms in total. The average Bonchev–Trinajstić information content (AvgIpc) is 2.78. The second-order valence-corrected chi connectivity index (χ2v) is 7.28. The SMILES string of the molecule is CCn1nc(C(=O)OC(C)C(=O)N2CCCc3ccccc32)c2ccccc2c1=O. The van der Waals surface area contributed by atoms with E-state index in [0.29, 0.717) is 23.9 Å². The van der Waals surface area contributed by atoms with Crippen LogP contribution in [-0.2, 0) is 22.5 Å². The predicted octanol–water partition coefficient (Wildman–Crippen LogP) is 2.94. The lowest BCUT2D eigenvalue weighted by molar-refractivity contribution is -0.126. The molecular formula is C23H23N3O4. The van der Waals surface area contributed by atoms with Gasteiger partial charge < -0.3 is 9.64 Å². The Morgan fingerprint density at radius 3 is 2.57 bits per heavy atom. The Labute approximate surface area is 173 Å². The minimum atomic E-state index is -0.980. The molecule has 1 amide bonds. The number of rotatable bonds is 4. The van der Waals surface area contributed by atoms with Crippen molar-refractivity contribution in [2.24, 2.45) is 0 Å². The summed E-state index contributed by atoms with van der Waals surface area (Å²) in [4.78, 5) is 40.1. The molecule has 0 N–H and O–H groups in total. The second kappa shape index (κ2) is 8.10. The zero-order valence-electron chi connectivity index (χ0n) is 17.0. The minimum Gasteiger partial charge on any atom is -0.448 e. The van der Waals surface area contributed by atoms with Crippen molar-refractivity contribution in [1.29, 1.82) is 0 Å². The summed E-state index contributed by atoms with van der Waals surface area (Å²) in [6, 6.07) is 14.5. The van der Waals surface area contributed by atoms with Gasteiger partial charge in [-0.15, -0.1) is 0 Å². The third-order valence-corrected chi connectivity index (χ3v) is 5.37. The summed E-state index contributed by atoms with van der Waals surface area (Å²) in [5.74, 6) is -0.997. The molecule has 3 aromatic rings. The van der Waals surface area contributed by atoms with Crippen LogP contribution in [0.2, 0.25) is 0 Å². The van der Waals surface area contributed by atoms with Gasteiger partial charge in [-0.2, -0.15) is 5.10 Å². The van der Waals surface area contributed by atoms with Gasteiger partial charge in [0, 0.05) is 24.2 Å². The summed E-state index contributed by atoms with van der Waals surface area (Å²) in [5.41, 5.74) is 1.74. The maximum Gasteiger partial charge on any atom is 0.360 e. The summed E-state index contributed by atoms with van der Waals surface area (Å²) in [6.45, 7) is 4.25. The predicted molar refractivity (Wildman–Crippen MR) is 114 cm³/mol. The van der Waals surface area contributed by atoms with Crippen molar-refractivity contribution in [3.8, 4) is 0 Å². The molecule has 0 saturated carbocycles. The van der Waals surface area contributed by atoms with Gasteiger partial charge in [0.1, 0.15) is 0 Å². The topological polar surface area (TPSA) is 81.5 Å². The molecule has 0 saturated heterocycles. The van der Waals surface area contributed by atoms with Crippen LogP contribution in [0.1, 0.15) is 36.3 Å². The molecule has 0 fully saturated rings. The molecule has 2 aromatic carbocycles. The summed E-state index contributed by atoms with van der Waals surface area (Å²) in [7, 11) is 0. The number of para-hydroxylation sites is 1. The number of aromatic nitrogens is 2. The molecule has 1 atom stereocenters. The third kappa shape index (κ3) is 3.47. The van der Waals surface area contributed by atoms with Crippen LogP contribution in [0, 0.1) is 0 Å². The number of fused-ring (bicyclic) bond motifs is 2. The zero-order valence-corrected chi connectivity index (χ0v) is 17.0. The number of anilines is 1. The Hall–Kier alpha value is -3.48. The first kappa shape index (κ1) is 19.8. The first-order valence-electron chi connectivity index (χ1n) is 10.1. The highest BCUT2D eigenvalue weighted by molar-refractivity contribution is 6.04. The van der Waals surface area contributed by atoms with E-state index in [9.17, 15) is 14.4 Å². The van der Waals surface area contributed by atoms with Crippen LogP contribution in [0.15, 0.2) is 53.3 Å². The number of esters is 1. The van der Waals surface area contributed by atoms with Gasteiger partial charge in [0.05, 0.1) is 5.39 Å². The van der Waals surface area contributed by atoms with Crippen LogP contribution in [0.25, 0.3) is 10.8 Å². The molecule has 0 bridgehead atoms. The fraction of sp³-hybridized carbons (Fsp3) is 0.304. The van der Waals surface area contributed by atoms with E-state index < -0.39 is 12.1 Å². The van der Waals surface area contributed by atoms with Gasteiger partial charge in [0.2, 0.25) is 0 Å². The lowest BCUT2D eigenvalue weighted by Crippen LogP contribution is -2.43. The van der Waals surface area contributed by atoms with Gasteiger partial charge in [0.25, 0.3) is 11.5 Å². The number of nitrogens with zero attached hydrogens (tertiary/aromatic N) is 3. The van der Waals surface area contributed by atoms with Gasteiger partial charge in [-0.3, -0.25) is 9.59 Å². The van der Waals surface area contributed by atoms with E-state index in [2.05, 4.69) is 5.10 Å². The largest absolute Gasteiger partial charge is 0.448 e. The van der Waals surface area contributed by atoms with Crippen LogP contribution >= 0.6 is 0 Å². The van der Waals surface area contributed by atoms with E-state index in [1.54, 1.807) is 43.0 Å². The number of hydrogen-bond donors (Lipinski definition) is 0. The summed E-state index contributed by atoms with van der Waals surface area (Å²) in [6.07, 6.45) is 0.797. The molecule has 0 radical (unpaired) electrons. The third-order valence-electron chi connectivity index (χ3n) is 5.37. The molecule has 7 heteroatoms. The van der Waals surface area contributed by atoms with Crippen LogP contribution in [-0.4, -0.2) is 34.3 Å². The van der Waals surface area contributed by atoms with Gasteiger partial charge in [-0.25, -0.2) is 9.48 Å². The Kier molecular flexibility index (Phi) is 5.35. The monoisotopic (exact) mass is 405 g/mol. The van der Waals surface area contributed by atoms with E-state index in [-0.39, 0.29) is 17.2 Å². The molecular weight excluding hydrogens is 382 g/mol. The van der Waals surface area contributed by atoms with Crippen molar-refractivity contribution in [2.75, 3.05) is 11.4 Å². The Morgan fingerprint density at radius 1 is 1.10 bits per heavy atom. The number of hydrogen-bond acceptors (Lipinski definition) is 5. The van der Waals surface area contributed by atoms with E-state index >= 15 is 0 Å². The fourth-order valence-electron chi connectivity index (χ4n) is 3.85. The Balaban J connectivity index is 1.61. The normalized spacial score (nSPS) is 14.3. The van der Waals surface area contributed by atoms with E-state index in [1.165, 1.54) is 4.68 Å². The van der Waals surface area contributed by atoms with Crippen LogP contribution < -0.4 is 10.5 Å². The number of carbonyl (C=O) groups excluding carboxylic acids is 2. The van der Waals surface area contributed by atoms with Gasteiger partial charge in [-0.05, 0) is 44.4 Å². The molecule has 1 aromatic heterocycles. The lowest BCUT2D eigenvalue weighted by atomic mass is 10.0. The highest BCUT2D eigenvalue weighted by Gasteiger charge is 2.29. The smallest absolute Gasteiger partial charge is 0.360 e. The Bertz CT molecular complexity index is 1180. The molecule has 0 aliphatic carbocycles.